The van der Waals surface area contributed by atoms with Crippen molar-refractivity contribution in [1.29, 1.82) is 0 Å². The van der Waals surface area contributed by atoms with Crippen molar-refractivity contribution in [2.75, 3.05) is 7.05 Å². The highest BCUT2D eigenvalue weighted by atomic mass is 14.9. The fourth-order valence-electron chi connectivity index (χ4n) is 2.55. The van der Waals surface area contributed by atoms with Crippen molar-refractivity contribution in [1.82, 2.24) is 15.3 Å². The number of nitrogens with one attached hydrogen (secondary N) is 1. The third-order valence-corrected chi connectivity index (χ3v) is 3.47. The van der Waals surface area contributed by atoms with Gasteiger partial charge in [-0.3, -0.25) is 9.97 Å². The summed E-state index contributed by atoms with van der Waals surface area (Å²) < 4.78 is 0. The summed E-state index contributed by atoms with van der Waals surface area (Å²) in [5.41, 5.74) is 4.22. The van der Waals surface area contributed by atoms with Crippen molar-refractivity contribution in [3.8, 4) is 0 Å². The fourth-order valence-corrected chi connectivity index (χ4v) is 2.55. The highest BCUT2D eigenvalue weighted by Crippen LogP contribution is 2.26. The van der Waals surface area contributed by atoms with Crippen molar-refractivity contribution < 1.29 is 0 Å². The second kappa shape index (κ2) is 5.39. The van der Waals surface area contributed by atoms with E-state index in [-0.39, 0.29) is 6.04 Å². The van der Waals surface area contributed by atoms with E-state index < -0.39 is 0 Å². The standard InChI is InChI=1S/C17H17N3/c1-12-6-3-10-15(20-12)17(18-2)14-9-4-7-13-8-5-11-19-16(13)14/h3-11,17-18H,1-2H3. The van der Waals surface area contributed by atoms with Gasteiger partial charge in [0, 0.05) is 22.8 Å². The largest absolute Gasteiger partial charge is 0.308 e. The third-order valence-electron chi connectivity index (χ3n) is 3.47. The molecular formula is C17H17N3. The lowest BCUT2D eigenvalue weighted by Crippen LogP contribution is -2.19. The van der Waals surface area contributed by atoms with E-state index in [9.17, 15) is 0 Å². The predicted molar refractivity (Wildman–Crippen MR) is 81.6 cm³/mol. The Hall–Kier alpha value is -2.26. The lowest BCUT2D eigenvalue weighted by molar-refractivity contribution is 0.672. The van der Waals surface area contributed by atoms with Crippen LogP contribution in [0.3, 0.4) is 0 Å². The van der Waals surface area contributed by atoms with Gasteiger partial charge in [0.15, 0.2) is 0 Å². The van der Waals surface area contributed by atoms with Crippen molar-refractivity contribution in [2.24, 2.45) is 0 Å². The van der Waals surface area contributed by atoms with Gasteiger partial charge in [0.2, 0.25) is 0 Å². The molecule has 0 spiro atoms. The van der Waals surface area contributed by atoms with Crippen LogP contribution in [0.1, 0.15) is 23.0 Å². The fraction of sp³-hybridized carbons (Fsp3) is 0.176. The molecule has 1 N–H and O–H groups in total. The Labute approximate surface area is 118 Å². The van der Waals surface area contributed by atoms with E-state index in [4.69, 9.17) is 0 Å². The minimum Gasteiger partial charge on any atom is -0.308 e. The van der Waals surface area contributed by atoms with Crippen LogP contribution in [0.4, 0.5) is 0 Å². The first kappa shape index (κ1) is 12.8. The number of benzene rings is 1. The first-order valence-corrected chi connectivity index (χ1v) is 6.74. The quantitative estimate of drug-likeness (QED) is 0.788. The van der Waals surface area contributed by atoms with Crippen LogP contribution in [0.2, 0.25) is 0 Å². The Morgan fingerprint density at radius 2 is 1.80 bits per heavy atom. The molecule has 0 bridgehead atoms. The second-order valence-corrected chi connectivity index (χ2v) is 4.85. The van der Waals surface area contributed by atoms with Gasteiger partial charge >= 0.3 is 0 Å². The minimum absolute atomic E-state index is 0.0495. The Kier molecular flexibility index (Phi) is 3.44. The molecule has 100 valence electrons. The number of rotatable bonds is 3. The number of para-hydroxylation sites is 1. The third kappa shape index (κ3) is 2.28. The van der Waals surface area contributed by atoms with Gasteiger partial charge in [-0.15, -0.1) is 0 Å². The van der Waals surface area contributed by atoms with Gasteiger partial charge in [-0.2, -0.15) is 0 Å². The zero-order valence-electron chi connectivity index (χ0n) is 11.7. The first-order valence-electron chi connectivity index (χ1n) is 6.74. The molecule has 0 saturated carbocycles. The van der Waals surface area contributed by atoms with E-state index in [1.54, 1.807) is 0 Å². The van der Waals surface area contributed by atoms with Gasteiger partial charge in [-0.05, 0) is 32.2 Å². The molecule has 0 aliphatic rings. The number of hydrogen-bond acceptors (Lipinski definition) is 3. The second-order valence-electron chi connectivity index (χ2n) is 4.85. The SMILES string of the molecule is CNC(c1cccc(C)n1)c1cccc2cccnc12. The van der Waals surface area contributed by atoms with E-state index >= 15 is 0 Å². The van der Waals surface area contributed by atoms with Gasteiger partial charge in [-0.25, -0.2) is 0 Å². The molecule has 20 heavy (non-hydrogen) atoms. The molecule has 0 saturated heterocycles. The Morgan fingerprint density at radius 1 is 1.00 bits per heavy atom. The number of fused-ring (bicyclic) bond motifs is 1. The van der Waals surface area contributed by atoms with Gasteiger partial charge in [0.25, 0.3) is 0 Å². The van der Waals surface area contributed by atoms with Crippen LogP contribution in [0.15, 0.2) is 54.7 Å². The number of nitrogens with zero attached hydrogens (tertiary/aromatic N) is 2. The molecule has 2 aromatic heterocycles. The van der Waals surface area contributed by atoms with E-state index in [2.05, 4.69) is 45.6 Å². The summed E-state index contributed by atoms with van der Waals surface area (Å²) in [6, 6.07) is 16.5. The summed E-state index contributed by atoms with van der Waals surface area (Å²) in [6.45, 7) is 2.01. The predicted octanol–water partition coefficient (Wildman–Crippen LogP) is 3.25. The van der Waals surface area contributed by atoms with E-state index in [1.807, 2.05) is 38.4 Å². The number of pyridine rings is 2. The normalized spacial score (nSPS) is 12.5. The summed E-state index contributed by atoms with van der Waals surface area (Å²) in [5.74, 6) is 0. The van der Waals surface area contributed by atoms with Crippen LogP contribution in [0, 0.1) is 6.92 Å². The average Bonchev–Trinajstić information content (AvgIpc) is 2.48. The monoisotopic (exact) mass is 263 g/mol. The number of aromatic nitrogens is 2. The van der Waals surface area contributed by atoms with Crippen LogP contribution in [0.25, 0.3) is 10.9 Å². The zero-order chi connectivity index (χ0) is 13.9. The summed E-state index contributed by atoms with van der Waals surface area (Å²) in [4.78, 5) is 9.17. The Bertz CT molecular complexity index is 732. The Balaban J connectivity index is 2.17. The highest BCUT2D eigenvalue weighted by Gasteiger charge is 2.16. The molecule has 3 heteroatoms. The average molecular weight is 263 g/mol. The van der Waals surface area contributed by atoms with Crippen LogP contribution < -0.4 is 5.32 Å². The lowest BCUT2D eigenvalue weighted by atomic mass is 9.99. The van der Waals surface area contributed by atoms with Crippen LogP contribution in [-0.2, 0) is 0 Å². The first-order chi connectivity index (χ1) is 9.79. The Morgan fingerprint density at radius 3 is 2.60 bits per heavy atom. The molecule has 1 unspecified atom stereocenters. The molecule has 3 aromatic rings. The molecule has 1 aromatic carbocycles. The van der Waals surface area contributed by atoms with Gasteiger partial charge in [-0.1, -0.05) is 30.3 Å². The topological polar surface area (TPSA) is 37.8 Å². The molecule has 0 aliphatic heterocycles. The van der Waals surface area contributed by atoms with Crippen LogP contribution >= 0.6 is 0 Å². The molecule has 1 atom stereocenters. The minimum atomic E-state index is 0.0495. The maximum Gasteiger partial charge on any atom is 0.0770 e. The van der Waals surface area contributed by atoms with Crippen LogP contribution in [-0.4, -0.2) is 17.0 Å². The van der Waals surface area contributed by atoms with Gasteiger partial charge in [0.05, 0.1) is 17.3 Å². The molecule has 0 fully saturated rings. The summed E-state index contributed by atoms with van der Waals surface area (Å²) in [5, 5.41) is 4.50. The number of hydrogen-bond donors (Lipinski definition) is 1. The molecule has 3 nitrogen and oxygen atoms in total. The van der Waals surface area contributed by atoms with Crippen molar-refractivity contribution in [2.45, 2.75) is 13.0 Å². The zero-order valence-corrected chi connectivity index (χ0v) is 11.7. The van der Waals surface area contributed by atoms with Crippen LogP contribution in [0.5, 0.6) is 0 Å². The molecular weight excluding hydrogens is 246 g/mol. The van der Waals surface area contributed by atoms with Crippen molar-refractivity contribution in [3.63, 3.8) is 0 Å². The molecule has 2 heterocycles. The maximum atomic E-state index is 4.64. The van der Waals surface area contributed by atoms with E-state index in [0.29, 0.717) is 0 Å². The van der Waals surface area contributed by atoms with Crippen molar-refractivity contribution in [3.05, 3.63) is 71.7 Å². The molecule has 3 rings (SSSR count). The smallest absolute Gasteiger partial charge is 0.0770 e. The van der Waals surface area contributed by atoms with Crippen molar-refractivity contribution >= 4 is 10.9 Å². The number of aryl methyl sites for hydroxylation is 1. The lowest BCUT2D eigenvalue weighted by Gasteiger charge is -2.18. The maximum absolute atomic E-state index is 4.64. The highest BCUT2D eigenvalue weighted by molar-refractivity contribution is 5.82. The summed E-state index contributed by atoms with van der Waals surface area (Å²) >= 11 is 0. The van der Waals surface area contributed by atoms with E-state index in [0.717, 1.165) is 27.9 Å². The van der Waals surface area contributed by atoms with Gasteiger partial charge < -0.3 is 5.32 Å². The molecule has 0 amide bonds. The van der Waals surface area contributed by atoms with Gasteiger partial charge in [0.1, 0.15) is 0 Å². The summed E-state index contributed by atoms with van der Waals surface area (Å²) in [6.07, 6.45) is 1.84. The molecule has 0 aliphatic carbocycles. The summed E-state index contributed by atoms with van der Waals surface area (Å²) in [7, 11) is 1.95. The van der Waals surface area contributed by atoms with E-state index in [1.165, 1.54) is 0 Å². The molecule has 0 radical (unpaired) electrons.